The fourth-order valence-corrected chi connectivity index (χ4v) is 3.81. The highest BCUT2D eigenvalue weighted by molar-refractivity contribution is 9.10. The summed E-state index contributed by atoms with van der Waals surface area (Å²) >= 11 is 3.41. The van der Waals surface area contributed by atoms with Gasteiger partial charge in [-0.05, 0) is 35.0 Å². The van der Waals surface area contributed by atoms with Gasteiger partial charge in [-0.2, -0.15) is 9.78 Å². The third kappa shape index (κ3) is 4.27. The van der Waals surface area contributed by atoms with E-state index in [1.54, 1.807) is 24.4 Å². The van der Waals surface area contributed by atoms with Crippen LogP contribution in [0.4, 0.5) is 0 Å². The lowest BCUT2D eigenvalue weighted by Crippen LogP contribution is -2.23. The van der Waals surface area contributed by atoms with Crippen molar-refractivity contribution >= 4 is 49.7 Å². The topological polar surface area (TPSA) is 99.6 Å². The molecule has 7 nitrogen and oxygen atoms in total. The molecule has 162 valence electrons. The minimum Gasteiger partial charge on any atom is -0.483 e. The summed E-state index contributed by atoms with van der Waals surface area (Å²) in [6, 6.07) is 16.8. The van der Waals surface area contributed by atoms with Crippen LogP contribution in [-0.4, -0.2) is 28.4 Å². The monoisotopic (exact) mass is 492 g/mol. The van der Waals surface area contributed by atoms with Crippen molar-refractivity contribution in [1.82, 2.24) is 9.66 Å². The highest BCUT2D eigenvalue weighted by Gasteiger charge is 2.15. The Morgan fingerprint density at radius 3 is 2.72 bits per heavy atom. The first-order valence-electron chi connectivity index (χ1n) is 10.0. The predicted molar refractivity (Wildman–Crippen MR) is 129 cm³/mol. The molecule has 0 saturated carbocycles. The Morgan fingerprint density at radius 2 is 1.97 bits per heavy atom. The molecule has 1 aromatic heterocycles. The van der Waals surface area contributed by atoms with Crippen molar-refractivity contribution in [2.24, 2.45) is 10.8 Å². The molecule has 8 heteroatoms. The van der Waals surface area contributed by atoms with Crippen LogP contribution in [-0.2, 0) is 4.79 Å². The summed E-state index contributed by atoms with van der Waals surface area (Å²) in [5, 5.41) is 6.82. The van der Waals surface area contributed by atoms with Crippen LogP contribution in [0.25, 0.3) is 21.7 Å². The molecular formula is C24H21BrN4O3. The molecule has 4 rings (SSSR count). The number of carbonyl (C=O) groups is 1. The quantitative estimate of drug-likeness (QED) is 0.408. The minimum absolute atomic E-state index is 0.0361. The Balaban J connectivity index is 1.91. The number of fused-ring (bicyclic) bond motifs is 2. The SMILES string of the molecule is CC(C)c1nc2ccc(Br)cc2c(=O)n1N=Cc1c(OCC(N)=O)ccc2ccccc12. The van der Waals surface area contributed by atoms with E-state index in [1.807, 2.05) is 50.2 Å². The third-order valence-electron chi connectivity index (χ3n) is 4.95. The van der Waals surface area contributed by atoms with E-state index in [0.717, 1.165) is 15.2 Å². The van der Waals surface area contributed by atoms with Gasteiger partial charge in [0.25, 0.3) is 11.5 Å². The Labute approximate surface area is 192 Å². The standard InChI is InChI=1S/C24H21BrN4O3/c1-14(2)23-28-20-9-8-16(25)11-18(20)24(31)29(23)27-12-19-17-6-4-3-5-15(17)7-10-21(19)32-13-22(26)30/h3-12,14H,13H2,1-2H3,(H2,26,30). The van der Waals surface area contributed by atoms with Gasteiger partial charge in [-0.25, -0.2) is 4.98 Å². The van der Waals surface area contributed by atoms with Gasteiger partial charge in [-0.1, -0.05) is 60.1 Å². The van der Waals surface area contributed by atoms with Crippen molar-refractivity contribution in [2.75, 3.05) is 6.61 Å². The number of hydrogen-bond acceptors (Lipinski definition) is 5. The van der Waals surface area contributed by atoms with Crippen molar-refractivity contribution in [3.63, 3.8) is 0 Å². The minimum atomic E-state index is -0.580. The average molecular weight is 493 g/mol. The van der Waals surface area contributed by atoms with Gasteiger partial charge >= 0.3 is 0 Å². The van der Waals surface area contributed by atoms with E-state index in [-0.39, 0.29) is 18.1 Å². The first-order chi connectivity index (χ1) is 15.3. The van der Waals surface area contributed by atoms with Crippen molar-refractivity contribution < 1.29 is 9.53 Å². The molecule has 3 aromatic carbocycles. The molecule has 0 saturated heterocycles. The molecule has 0 spiro atoms. The number of carbonyl (C=O) groups excluding carboxylic acids is 1. The van der Waals surface area contributed by atoms with Crippen LogP contribution < -0.4 is 16.0 Å². The second-order valence-electron chi connectivity index (χ2n) is 7.60. The molecule has 0 bridgehead atoms. The molecule has 32 heavy (non-hydrogen) atoms. The number of hydrogen-bond donors (Lipinski definition) is 1. The lowest BCUT2D eigenvalue weighted by Gasteiger charge is -2.13. The van der Waals surface area contributed by atoms with Gasteiger partial charge in [-0.3, -0.25) is 9.59 Å². The molecule has 0 unspecified atom stereocenters. The van der Waals surface area contributed by atoms with Gasteiger partial charge in [0.15, 0.2) is 6.61 Å². The smallest absolute Gasteiger partial charge is 0.282 e. The summed E-state index contributed by atoms with van der Waals surface area (Å²) in [4.78, 5) is 29.2. The highest BCUT2D eigenvalue weighted by Crippen LogP contribution is 2.27. The van der Waals surface area contributed by atoms with Crippen LogP contribution in [0.1, 0.15) is 31.2 Å². The van der Waals surface area contributed by atoms with E-state index >= 15 is 0 Å². The van der Waals surface area contributed by atoms with Crippen LogP contribution in [0, 0.1) is 0 Å². The molecular weight excluding hydrogens is 472 g/mol. The maximum Gasteiger partial charge on any atom is 0.282 e. The van der Waals surface area contributed by atoms with E-state index in [2.05, 4.69) is 26.0 Å². The average Bonchev–Trinajstić information content (AvgIpc) is 2.77. The molecule has 0 atom stereocenters. The first kappa shape index (κ1) is 21.7. The fraction of sp³-hybridized carbons (Fsp3) is 0.167. The molecule has 0 aliphatic rings. The zero-order valence-corrected chi connectivity index (χ0v) is 19.2. The molecule has 1 heterocycles. The Hall–Kier alpha value is -3.52. The summed E-state index contributed by atoms with van der Waals surface area (Å²) in [5.41, 5.74) is 6.24. The number of primary amides is 1. The number of ether oxygens (including phenoxy) is 1. The third-order valence-corrected chi connectivity index (χ3v) is 5.45. The van der Waals surface area contributed by atoms with E-state index < -0.39 is 5.91 Å². The van der Waals surface area contributed by atoms with Crippen LogP contribution in [0.3, 0.4) is 0 Å². The number of amides is 1. The van der Waals surface area contributed by atoms with Crippen LogP contribution in [0.5, 0.6) is 5.75 Å². The normalized spacial score (nSPS) is 11.6. The van der Waals surface area contributed by atoms with Crippen LogP contribution >= 0.6 is 15.9 Å². The lowest BCUT2D eigenvalue weighted by atomic mass is 10.0. The number of nitrogens with zero attached hydrogens (tertiary/aromatic N) is 3. The first-order valence-corrected chi connectivity index (χ1v) is 10.8. The van der Waals surface area contributed by atoms with Gasteiger partial charge in [0, 0.05) is 16.0 Å². The molecule has 0 aliphatic heterocycles. The van der Waals surface area contributed by atoms with E-state index in [9.17, 15) is 9.59 Å². The summed E-state index contributed by atoms with van der Waals surface area (Å²) in [6.07, 6.45) is 1.57. The number of nitrogens with two attached hydrogens (primary N) is 1. The summed E-state index contributed by atoms with van der Waals surface area (Å²) < 4.78 is 7.72. The van der Waals surface area contributed by atoms with E-state index in [0.29, 0.717) is 28.0 Å². The zero-order chi connectivity index (χ0) is 22.8. The second kappa shape index (κ2) is 8.92. The van der Waals surface area contributed by atoms with Crippen molar-refractivity contribution in [3.8, 4) is 5.75 Å². The molecule has 2 N–H and O–H groups in total. The van der Waals surface area contributed by atoms with E-state index in [1.165, 1.54) is 4.68 Å². The molecule has 4 aromatic rings. The fourth-order valence-electron chi connectivity index (χ4n) is 3.45. The Kier molecular flexibility index (Phi) is 6.05. The summed E-state index contributed by atoms with van der Waals surface area (Å²) in [5.74, 6) is 0.373. The van der Waals surface area contributed by atoms with Gasteiger partial charge in [0.2, 0.25) is 0 Å². The predicted octanol–water partition coefficient (Wildman–Crippen LogP) is 4.18. The Bertz CT molecular complexity index is 1430. The second-order valence-corrected chi connectivity index (χ2v) is 8.52. The number of benzene rings is 3. The van der Waals surface area contributed by atoms with Crippen molar-refractivity contribution in [1.29, 1.82) is 0 Å². The van der Waals surface area contributed by atoms with Gasteiger partial charge < -0.3 is 10.5 Å². The summed E-state index contributed by atoms with van der Waals surface area (Å²) in [6.45, 7) is 3.65. The molecule has 1 amide bonds. The van der Waals surface area contributed by atoms with Crippen LogP contribution in [0.15, 0.2) is 69.0 Å². The summed E-state index contributed by atoms with van der Waals surface area (Å²) in [7, 11) is 0. The Morgan fingerprint density at radius 1 is 1.19 bits per heavy atom. The van der Waals surface area contributed by atoms with Gasteiger partial charge in [-0.15, -0.1) is 0 Å². The van der Waals surface area contributed by atoms with Crippen molar-refractivity contribution in [3.05, 3.63) is 80.8 Å². The number of halogens is 1. The highest BCUT2D eigenvalue weighted by atomic mass is 79.9. The number of aromatic nitrogens is 2. The van der Waals surface area contributed by atoms with Gasteiger partial charge in [0.05, 0.1) is 17.1 Å². The largest absolute Gasteiger partial charge is 0.483 e. The maximum atomic E-state index is 13.3. The zero-order valence-electron chi connectivity index (χ0n) is 17.6. The van der Waals surface area contributed by atoms with Gasteiger partial charge in [0.1, 0.15) is 11.6 Å². The molecule has 0 fully saturated rings. The van der Waals surface area contributed by atoms with Crippen molar-refractivity contribution in [2.45, 2.75) is 19.8 Å². The molecule has 0 aliphatic carbocycles. The van der Waals surface area contributed by atoms with E-state index in [4.69, 9.17) is 10.5 Å². The molecule has 0 radical (unpaired) electrons. The number of rotatable bonds is 6. The van der Waals surface area contributed by atoms with Crippen LogP contribution in [0.2, 0.25) is 0 Å². The lowest BCUT2D eigenvalue weighted by molar-refractivity contribution is -0.119. The maximum absolute atomic E-state index is 13.3.